The largest absolute Gasteiger partial charge is 0.477 e. The number of benzene rings is 2. The number of fused-ring (bicyclic) bond motifs is 1. The Morgan fingerprint density at radius 2 is 1.88 bits per heavy atom. The molecule has 168 valence electrons. The van der Waals surface area contributed by atoms with Crippen LogP contribution in [0, 0.1) is 12.8 Å². The zero-order valence-electron chi connectivity index (χ0n) is 18.9. The number of hydrogen-bond acceptors (Lipinski definition) is 5. The van der Waals surface area contributed by atoms with Crippen molar-refractivity contribution in [3.05, 3.63) is 78.2 Å². The molecule has 2 atom stereocenters. The molecule has 0 bridgehead atoms. The maximum Gasteiger partial charge on any atom is 0.256 e. The molecular weight excluding hydrogens is 414 g/mol. The molecule has 7 nitrogen and oxygen atoms in total. The smallest absolute Gasteiger partial charge is 0.256 e. The van der Waals surface area contributed by atoms with Crippen molar-refractivity contribution in [2.45, 2.75) is 32.7 Å². The number of carbonyl (C=O) groups excluding carboxylic acids is 1. The normalized spacial score (nSPS) is 18.4. The Kier molecular flexibility index (Phi) is 5.77. The quantitative estimate of drug-likeness (QED) is 0.458. The lowest BCUT2D eigenvalue weighted by Gasteiger charge is -2.38. The van der Waals surface area contributed by atoms with Crippen LogP contribution in [0.15, 0.2) is 67.1 Å². The Morgan fingerprint density at radius 3 is 2.73 bits per heavy atom. The fourth-order valence-corrected chi connectivity index (χ4v) is 4.50. The van der Waals surface area contributed by atoms with Crippen molar-refractivity contribution >= 4 is 16.7 Å². The third kappa shape index (κ3) is 4.31. The lowest BCUT2D eigenvalue weighted by molar-refractivity contribution is 0.0503. The number of ether oxygens (including phenoxy) is 1. The summed E-state index contributed by atoms with van der Waals surface area (Å²) in [4.78, 5) is 21.6. The first-order chi connectivity index (χ1) is 16.1. The van der Waals surface area contributed by atoms with Crippen LogP contribution < -0.4 is 4.74 Å². The van der Waals surface area contributed by atoms with Crippen LogP contribution >= 0.6 is 0 Å². The van der Waals surface area contributed by atoms with Crippen molar-refractivity contribution in [2.24, 2.45) is 5.92 Å². The number of piperidine rings is 1. The van der Waals surface area contributed by atoms with Gasteiger partial charge in [0.1, 0.15) is 0 Å². The van der Waals surface area contributed by atoms with Gasteiger partial charge in [0.05, 0.1) is 30.3 Å². The second kappa shape index (κ2) is 9.02. The van der Waals surface area contributed by atoms with Crippen LogP contribution in [-0.2, 0) is 0 Å². The molecule has 7 heteroatoms. The topological polar surface area (TPSA) is 73.1 Å². The van der Waals surface area contributed by atoms with Gasteiger partial charge in [-0.1, -0.05) is 29.8 Å². The minimum absolute atomic E-state index is 0.00601. The predicted molar refractivity (Wildman–Crippen MR) is 127 cm³/mol. The summed E-state index contributed by atoms with van der Waals surface area (Å²) in [7, 11) is 0. The number of pyridine rings is 1. The molecule has 1 fully saturated rings. The van der Waals surface area contributed by atoms with Gasteiger partial charge in [0.25, 0.3) is 5.91 Å². The molecule has 1 aliphatic rings. The maximum absolute atomic E-state index is 13.7. The molecule has 2 aromatic heterocycles. The Labute approximate surface area is 193 Å². The van der Waals surface area contributed by atoms with E-state index in [4.69, 9.17) is 4.74 Å². The first-order valence-corrected chi connectivity index (χ1v) is 11.3. The molecule has 0 saturated carbocycles. The Hall–Kier alpha value is -3.74. The molecular formula is C26H27N5O2. The van der Waals surface area contributed by atoms with E-state index in [1.54, 1.807) is 18.6 Å². The van der Waals surface area contributed by atoms with Crippen molar-refractivity contribution in [2.75, 3.05) is 13.2 Å². The number of hydrogen-bond donors (Lipinski definition) is 0. The summed E-state index contributed by atoms with van der Waals surface area (Å²) >= 11 is 0. The van der Waals surface area contributed by atoms with Gasteiger partial charge in [0.2, 0.25) is 5.88 Å². The molecule has 1 saturated heterocycles. The highest BCUT2D eigenvalue weighted by molar-refractivity contribution is 5.98. The van der Waals surface area contributed by atoms with Gasteiger partial charge in [-0.15, -0.1) is 0 Å². The highest BCUT2D eigenvalue weighted by Gasteiger charge is 2.31. The number of aryl methyl sites for hydroxylation is 1. The van der Waals surface area contributed by atoms with Crippen LogP contribution in [0.4, 0.5) is 0 Å². The summed E-state index contributed by atoms with van der Waals surface area (Å²) in [5, 5.41) is 10.6. The molecule has 33 heavy (non-hydrogen) atoms. The fraction of sp³-hybridized carbons (Fsp3) is 0.308. The van der Waals surface area contributed by atoms with Gasteiger partial charge in [-0.2, -0.15) is 15.0 Å². The summed E-state index contributed by atoms with van der Waals surface area (Å²) in [5.74, 6) is 0.892. The Morgan fingerprint density at radius 1 is 1.06 bits per heavy atom. The third-order valence-corrected chi connectivity index (χ3v) is 6.35. The van der Waals surface area contributed by atoms with Crippen LogP contribution in [0.2, 0.25) is 0 Å². The summed E-state index contributed by atoms with van der Waals surface area (Å²) in [6.45, 7) is 5.27. The van der Waals surface area contributed by atoms with E-state index in [1.807, 2.05) is 54.3 Å². The van der Waals surface area contributed by atoms with Crippen LogP contribution in [0.3, 0.4) is 0 Å². The van der Waals surface area contributed by atoms with Crippen LogP contribution in [0.5, 0.6) is 5.88 Å². The first-order valence-electron chi connectivity index (χ1n) is 11.3. The molecule has 3 heterocycles. The molecule has 0 N–H and O–H groups in total. The van der Waals surface area contributed by atoms with E-state index in [0.29, 0.717) is 30.3 Å². The van der Waals surface area contributed by atoms with E-state index in [9.17, 15) is 4.79 Å². The van der Waals surface area contributed by atoms with Crippen molar-refractivity contribution in [1.29, 1.82) is 0 Å². The average Bonchev–Trinajstić information content (AvgIpc) is 3.38. The standard InChI is InChI=1S/C26H27N5O2/c1-18-7-10-24(31-28-13-14-29-31)23(15-18)26(32)30-16-20(9-8-19(30)2)17-33-25-22-6-4-3-5-21(22)11-12-27-25/h3-7,10-15,19-20H,8-9,16-17H2,1-2H3/t19-,20-/m0/s1. The van der Waals surface area contributed by atoms with E-state index in [0.717, 1.165) is 29.2 Å². The number of nitrogens with zero attached hydrogens (tertiary/aromatic N) is 5. The van der Waals surface area contributed by atoms with E-state index in [1.165, 1.54) is 4.80 Å². The molecule has 0 aliphatic carbocycles. The van der Waals surface area contributed by atoms with Crippen LogP contribution in [-0.4, -0.2) is 50.0 Å². The maximum atomic E-state index is 13.7. The van der Waals surface area contributed by atoms with Gasteiger partial charge in [0.15, 0.2) is 0 Å². The SMILES string of the molecule is Cc1ccc(-n2nccn2)c(C(=O)N2C[C@@H](COc3nccc4ccccc34)CC[C@@H]2C)c1. The third-order valence-electron chi connectivity index (χ3n) is 6.35. The summed E-state index contributed by atoms with van der Waals surface area (Å²) in [6.07, 6.45) is 6.96. The lowest BCUT2D eigenvalue weighted by Crippen LogP contribution is -2.47. The van der Waals surface area contributed by atoms with Gasteiger partial charge < -0.3 is 9.64 Å². The zero-order valence-corrected chi connectivity index (χ0v) is 18.9. The van der Waals surface area contributed by atoms with Crippen LogP contribution in [0.25, 0.3) is 16.5 Å². The average molecular weight is 442 g/mol. The fourth-order valence-electron chi connectivity index (χ4n) is 4.50. The van der Waals surface area contributed by atoms with Crippen molar-refractivity contribution in [3.8, 4) is 11.6 Å². The second-order valence-corrected chi connectivity index (χ2v) is 8.74. The summed E-state index contributed by atoms with van der Waals surface area (Å²) in [5.41, 5.74) is 2.34. The molecule has 0 radical (unpaired) electrons. The number of rotatable bonds is 5. The molecule has 1 amide bonds. The highest BCUT2D eigenvalue weighted by Crippen LogP contribution is 2.28. The zero-order chi connectivity index (χ0) is 22.8. The van der Waals surface area contributed by atoms with E-state index < -0.39 is 0 Å². The van der Waals surface area contributed by atoms with Gasteiger partial charge >= 0.3 is 0 Å². The molecule has 1 aliphatic heterocycles. The van der Waals surface area contributed by atoms with Crippen molar-refractivity contribution in [1.82, 2.24) is 24.9 Å². The molecule has 0 spiro atoms. The van der Waals surface area contributed by atoms with Gasteiger partial charge in [-0.05, 0) is 56.3 Å². The summed E-state index contributed by atoms with van der Waals surface area (Å²) in [6, 6.07) is 16.0. The molecule has 0 unspecified atom stereocenters. The summed E-state index contributed by atoms with van der Waals surface area (Å²) < 4.78 is 6.16. The van der Waals surface area contributed by atoms with Crippen molar-refractivity contribution < 1.29 is 9.53 Å². The van der Waals surface area contributed by atoms with E-state index in [-0.39, 0.29) is 17.9 Å². The molecule has 4 aromatic rings. The van der Waals surface area contributed by atoms with Crippen LogP contribution in [0.1, 0.15) is 35.7 Å². The number of likely N-dealkylation sites (tertiary alicyclic amines) is 1. The monoisotopic (exact) mass is 441 g/mol. The minimum Gasteiger partial charge on any atom is -0.477 e. The first kappa shape index (κ1) is 21.1. The lowest BCUT2D eigenvalue weighted by atomic mass is 9.93. The van der Waals surface area contributed by atoms with Gasteiger partial charge in [-0.3, -0.25) is 4.79 Å². The Balaban J connectivity index is 1.34. The van der Waals surface area contributed by atoms with E-state index >= 15 is 0 Å². The van der Waals surface area contributed by atoms with E-state index in [2.05, 4.69) is 28.2 Å². The second-order valence-electron chi connectivity index (χ2n) is 8.74. The highest BCUT2D eigenvalue weighted by atomic mass is 16.5. The van der Waals surface area contributed by atoms with Gasteiger partial charge in [0, 0.05) is 30.1 Å². The predicted octanol–water partition coefficient (Wildman–Crippen LogP) is 4.44. The number of carbonyl (C=O) groups is 1. The van der Waals surface area contributed by atoms with Gasteiger partial charge in [-0.25, -0.2) is 4.98 Å². The molecule has 2 aromatic carbocycles. The number of amides is 1. The number of aromatic nitrogens is 4. The molecule has 5 rings (SSSR count). The Bertz CT molecular complexity index is 1270. The van der Waals surface area contributed by atoms with Crippen molar-refractivity contribution in [3.63, 3.8) is 0 Å². The minimum atomic E-state index is 0.00601.